The van der Waals surface area contributed by atoms with Crippen LogP contribution in [-0.2, 0) is 15.9 Å². The van der Waals surface area contributed by atoms with Gasteiger partial charge in [0.2, 0.25) is 0 Å². The van der Waals surface area contributed by atoms with Crippen molar-refractivity contribution in [3.63, 3.8) is 0 Å². The van der Waals surface area contributed by atoms with Gasteiger partial charge in [-0.15, -0.1) is 0 Å². The predicted octanol–water partition coefficient (Wildman–Crippen LogP) is 2.70. The molecule has 0 aromatic heterocycles. The van der Waals surface area contributed by atoms with Gasteiger partial charge < -0.3 is 14.8 Å². The van der Waals surface area contributed by atoms with E-state index in [0.717, 1.165) is 19.4 Å². The largest absolute Gasteiger partial charge is 0.382 e. The second kappa shape index (κ2) is 7.04. The predicted molar refractivity (Wildman–Crippen MR) is 77.4 cm³/mol. The lowest BCUT2D eigenvalue weighted by atomic mass is 9.85. The molecule has 1 aliphatic rings. The topological polar surface area (TPSA) is 30.5 Å². The van der Waals surface area contributed by atoms with Gasteiger partial charge in [0.1, 0.15) is 0 Å². The SMILES string of the molecule is CCNC1c2ccccc2CCC1OC(C)COC. The summed E-state index contributed by atoms with van der Waals surface area (Å²) in [5, 5.41) is 3.57. The maximum absolute atomic E-state index is 6.17. The van der Waals surface area contributed by atoms with E-state index in [-0.39, 0.29) is 12.2 Å². The first-order valence-electron chi connectivity index (χ1n) is 7.21. The van der Waals surface area contributed by atoms with Gasteiger partial charge in [-0.2, -0.15) is 0 Å². The summed E-state index contributed by atoms with van der Waals surface area (Å²) in [6.07, 6.45) is 2.55. The molecule has 1 aromatic rings. The molecular weight excluding hydrogens is 238 g/mol. The van der Waals surface area contributed by atoms with Crippen molar-refractivity contribution in [3.8, 4) is 0 Å². The molecule has 0 amide bonds. The second-order valence-corrected chi connectivity index (χ2v) is 5.21. The molecule has 0 aliphatic heterocycles. The average Bonchev–Trinajstić information content (AvgIpc) is 2.42. The summed E-state index contributed by atoms with van der Waals surface area (Å²) < 4.78 is 11.3. The summed E-state index contributed by atoms with van der Waals surface area (Å²) in [5.74, 6) is 0. The van der Waals surface area contributed by atoms with Crippen molar-refractivity contribution >= 4 is 0 Å². The minimum atomic E-state index is 0.140. The van der Waals surface area contributed by atoms with Crippen LogP contribution in [0, 0.1) is 0 Å². The zero-order chi connectivity index (χ0) is 13.7. The van der Waals surface area contributed by atoms with Crippen LogP contribution in [0.1, 0.15) is 37.4 Å². The van der Waals surface area contributed by atoms with Crippen LogP contribution in [0.3, 0.4) is 0 Å². The number of likely N-dealkylation sites (N-methyl/N-ethyl adjacent to an activating group) is 1. The zero-order valence-corrected chi connectivity index (χ0v) is 12.2. The lowest BCUT2D eigenvalue weighted by Gasteiger charge is -2.35. The fourth-order valence-electron chi connectivity index (χ4n) is 2.91. The van der Waals surface area contributed by atoms with Crippen LogP contribution in [0.4, 0.5) is 0 Å². The van der Waals surface area contributed by atoms with Crippen molar-refractivity contribution in [2.75, 3.05) is 20.3 Å². The Bertz CT molecular complexity index is 394. The number of ether oxygens (including phenoxy) is 2. The molecule has 19 heavy (non-hydrogen) atoms. The Morgan fingerprint density at radius 3 is 2.89 bits per heavy atom. The van der Waals surface area contributed by atoms with Gasteiger partial charge in [0.25, 0.3) is 0 Å². The first-order valence-corrected chi connectivity index (χ1v) is 7.21. The number of hydrogen-bond donors (Lipinski definition) is 1. The molecule has 0 radical (unpaired) electrons. The third-order valence-electron chi connectivity index (χ3n) is 3.69. The van der Waals surface area contributed by atoms with E-state index in [1.165, 1.54) is 11.1 Å². The Morgan fingerprint density at radius 2 is 2.16 bits per heavy atom. The fourth-order valence-corrected chi connectivity index (χ4v) is 2.91. The molecule has 0 spiro atoms. The molecule has 0 saturated heterocycles. The third kappa shape index (κ3) is 3.56. The van der Waals surface area contributed by atoms with Crippen molar-refractivity contribution in [2.24, 2.45) is 0 Å². The number of methoxy groups -OCH3 is 1. The van der Waals surface area contributed by atoms with Gasteiger partial charge in [0.15, 0.2) is 0 Å². The normalized spacial score (nSPS) is 23.9. The number of hydrogen-bond acceptors (Lipinski definition) is 3. The molecule has 2 rings (SSSR count). The maximum Gasteiger partial charge on any atom is 0.0785 e. The minimum Gasteiger partial charge on any atom is -0.382 e. The lowest BCUT2D eigenvalue weighted by molar-refractivity contribution is -0.0595. The summed E-state index contributed by atoms with van der Waals surface area (Å²) in [5.41, 5.74) is 2.85. The Kier molecular flexibility index (Phi) is 5.37. The van der Waals surface area contributed by atoms with Crippen LogP contribution < -0.4 is 5.32 Å². The van der Waals surface area contributed by atoms with Crippen molar-refractivity contribution in [1.29, 1.82) is 0 Å². The molecule has 106 valence electrons. The van der Waals surface area contributed by atoms with Gasteiger partial charge in [-0.05, 0) is 37.4 Å². The Labute approximate surface area is 116 Å². The average molecular weight is 263 g/mol. The summed E-state index contributed by atoms with van der Waals surface area (Å²) in [6, 6.07) is 8.99. The van der Waals surface area contributed by atoms with Crippen LogP contribution >= 0.6 is 0 Å². The molecule has 1 N–H and O–H groups in total. The number of aryl methyl sites for hydroxylation is 1. The molecule has 3 atom stereocenters. The standard InChI is InChI=1S/C16H25NO2/c1-4-17-16-14-8-6-5-7-13(14)9-10-15(16)19-12(2)11-18-3/h5-8,12,15-17H,4,9-11H2,1-3H3. The van der Waals surface area contributed by atoms with Crippen LogP contribution in [0.15, 0.2) is 24.3 Å². The quantitative estimate of drug-likeness (QED) is 0.856. The van der Waals surface area contributed by atoms with Crippen LogP contribution in [0.25, 0.3) is 0 Å². The molecule has 3 unspecified atom stereocenters. The van der Waals surface area contributed by atoms with Crippen molar-refractivity contribution < 1.29 is 9.47 Å². The van der Waals surface area contributed by atoms with E-state index >= 15 is 0 Å². The summed E-state index contributed by atoms with van der Waals surface area (Å²) in [7, 11) is 1.72. The van der Waals surface area contributed by atoms with Crippen molar-refractivity contribution in [1.82, 2.24) is 5.32 Å². The first kappa shape index (κ1) is 14.5. The van der Waals surface area contributed by atoms with Crippen LogP contribution in [-0.4, -0.2) is 32.5 Å². The first-order chi connectivity index (χ1) is 9.26. The molecule has 3 heteroatoms. The number of rotatable bonds is 6. The summed E-state index contributed by atoms with van der Waals surface area (Å²) in [6.45, 7) is 5.83. The summed E-state index contributed by atoms with van der Waals surface area (Å²) >= 11 is 0. The summed E-state index contributed by atoms with van der Waals surface area (Å²) in [4.78, 5) is 0. The van der Waals surface area contributed by atoms with E-state index in [4.69, 9.17) is 9.47 Å². The Hall–Kier alpha value is -0.900. The maximum atomic E-state index is 6.17. The van der Waals surface area contributed by atoms with Crippen LogP contribution in [0.5, 0.6) is 0 Å². The minimum absolute atomic E-state index is 0.140. The van der Waals surface area contributed by atoms with Crippen molar-refractivity contribution in [3.05, 3.63) is 35.4 Å². The van der Waals surface area contributed by atoms with E-state index < -0.39 is 0 Å². The number of nitrogens with one attached hydrogen (secondary N) is 1. The Morgan fingerprint density at radius 1 is 1.37 bits per heavy atom. The smallest absolute Gasteiger partial charge is 0.0785 e. The van der Waals surface area contributed by atoms with Gasteiger partial charge in [0, 0.05) is 7.11 Å². The van der Waals surface area contributed by atoms with E-state index in [0.29, 0.717) is 12.6 Å². The van der Waals surface area contributed by atoms with Gasteiger partial charge in [-0.3, -0.25) is 0 Å². The molecule has 0 fully saturated rings. The van der Waals surface area contributed by atoms with Gasteiger partial charge >= 0.3 is 0 Å². The molecular formula is C16H25NO2. The van der Waals surface area contributed by atoms with Crippen molar-refractivity contribution in [2.45, 2.75) is 44.9 Å². The second-order valence-electron chi connectivity index (χ2n) is 5.21. The number of benzene rings is 1. The highest BCUT2D eigenvalue weighted by Crippen LogP contribution is 2.32. The highest BCUT2D eigenvalue weighted by molar-refractivity contribution is 5.33. The molecule has 1 aromatic carbocycles. The van der Waals surface area contributed by atoms with Gasteiger partial charge in [0.05, 0.1) is 24.9 Å². The molecule has 1 aliphatic carbocycles. The van der Waals surface area contributed by atoms with E-state index in [1.807, 2.05) is 0 Å². The van der Waals surface area contributed by atoms with Crippen LogP contribution in [0.2, 0.25) is 0 Å². The lowest BCUT2D eigenvalue weighted by Crippen LogP contribution is -2.40. The number of fused-ring (bicyclic) bond motifs is 1. The zero-order valence-electron chi connectivity index (χ0n) is 12.2. The highest BCUT2D eigenvalue weighted by Gasteiger charge is 2.30. The van der Waals surface area contributed by atoms with E-state index in [9.17, 15) is 0 Å². The highest BCUT2D eigenvalue weighted by atomic mass is 16.5. The molecule has 0 saturated carbocycles. The monoisotopic (exact) mass is 263 g/mol. The van der Waals surface area contributed by atoms with E-state index in [1.54, 1.807) is 7.11 Å². The molecule has 0 bridgehead atoms. The fraction of sp³-hybridized carbons (Fsp3) is 0.625. The third-order valence-corrected chi connectivity index (χ3v) is 3.69. The van der Waals surface area contributed by atoms with E-state index in [2.05, 4.69) is 43.4 Å². The molecule has 0 heterocycles. The van der Waals surface area contributed by atoms with Gasteiger partial charge in [-0.1, -0.05) is 31.2 Å². The molecule has 3 nitrogen and oxygen atoms in total. The Balaban J connectivity index is 2.12. The van der Waals surface area contributed by atoms with Gasteiger partial charge in [-0.25, -0.2) is 0 Å².